The molecule has 4 nitrogen and oxygen atoms in total. The molecule has 0 amide bonds. The Labute approximate surface area is 130 Å². The van der Waals surface area contributed by atoms with Gasteiger partial charge in [0, 0.05) is 18.3 Å². The van der Waals surface area contributed by atoms with Crippen molar-refractivity contribution < 1.29 is 4.74 Å². The first-order chi connectivity index (χ1) is 10.3. The van der Waals surface area contributed by atoms with E-state index in [1.807, 2.05) is 0 Å². The topological polar surface area (TPSA) is 41.2 Å². The van der Waals surface area contributed by atoms with Crippen molar-refractivity contribution in [2.45, 2.75) is 56.6 Å². The molecular weight excluding hydrogens is 282 g/mol. The van der Waals surface area contributed by atoms with Crippen molar-refractivity contribution in [3.63, 3.8) is 0 Å². The standard InChI is InChI=1S/C16H23N3OS/c21-15-8-13(11-4-1-2-5-11)17-16(18-15)14-9-19-7-3-6-12(19)10-20-14/h8,11-12,14H,1-7,9-10H2,(H,17,18,21). The lowest BCUT2D eigenvalue weighted by molar-refractivity contribution is -0.0542. The Kier molecular flexibility index (Phi) is 3.81. The molecule has 4 rings (SSSR count). The van der Waals surface area contributed by atoms with Gasteiger partial charge in [-0.25, -0.2) is 4.98 Å². The minimum absolute atomic E-state index is 0.0578. The fraction of sp³-hybridized carbons (Fsp3) is 0.750. The van der Waals surface area contributed by atoms with Crippen LogP contribution >= 0.6 is 12.2 Å². The maximum absolute atomic E-state index is 6.07. The van der Waals surface area contributed by atoms with E-state index in [0.717, 1.165) is 19.0 Å². The average molecular weight is 305 g/mol. The maximum Gasteiger partial charge on any atom is 0.138 e. The molecule has 0 spiro atoms. The van der Waals surface area contributed by atoms with Gasteiger partial charge in [-0.15, -0.1) is 0 Å². The van der Waals surface area contributed by atoms with Crippen LogP contribution in [0.4, 0.5) is 0 Å². The lowest BCUT2D eigenvalue weighted by Crippen LogP contribution is -2.42. The second-order valence-corrected chi connectivity index (χ2v) is 7.07. The van der Waals surface area contributed by atoms with E-state index in [0.29, 0.717) is 16.6 Å². The molecule has 1 saturated carbocycles. The fourth-order valence-electron chi connectivity index (χ4n) is 4.09. The van der Waals surface area contributed by atoms with Crippen LogP contribution in [0.5, 0.6) is 0 Å². The monoisotopic (exact) mass is 305 g/mol. The number of aromatic nitrogens is 2. The number of rotatable bonds is 2. The van der Waals surface area contributed by atoms with E-state index in [1.165, 1.54) is 50.8 Å². The molecule has 21 heavy (non-hydrogen) atoms. The van der Waals surface area contributed by atoms with E-state index in [-0.39, 0.29) is 6.10 Å². The van der Waals surface area contributed by atoms with Crippen molar-refractivity contribution in [2.75, 3.05) is 19.7 Å². The Morgan fingerprint density at radius 2 is 2.10 bits per heavy atom. The maximum atomic E-state index is 6.07. The predicted molar refractivity (Wildman–Crippen MR) is 83.9 cm³/mol. The Hall–Kier alpha value is -0.780. The summed E-state index contributed by atoms with van der Waals surface area (Å²) in [5.74, 6) is 1.58. The van der Waals surface area contributed by atoms with E-state index in [1.54, 1.807) is 0 Å². The Morgan fingerprint density at radius 1 is 1.24 bits per heavy atom. The molecule has 2 atom stereocenters. The molecule has 3 heterocycles. The highest BCUT2D eigenvalue weighted by Gasteiger charge is 2.34. The van der Waals surface area contributed by atoms with E-state index in [9.17, 15) is 0 Å². The lowest BCUT2D eigenvalue weighted by atomic mass is 10.0. The van der Waals surface area contributed by atoms with Gasteiger partial charge in [0.2, 0.25) is 0 Å². The van der Waals surface area contributed by atoms with Gasteiger partial charge < -0.3 is 9.72 Å². The number of nitrogens with one attached hydrogen (secondary N) is 1. The number of aromatic amines is 1. The highest BCUT2D eigenvalue weighted by atomic mass is 32.1. The van der Waals surface area contributed by atoms with E-state index in [2.05, 4.69) is 20.9 Å². The minimum Gasteiger partial charge on any atom is -0.367 e. The minimum atomic E-state index is 0.0578. The first-order valence-corrected chi connectivity index (χ1v) is 8.67. The van der Waals surface area contributed by atoms with Crippen LogP contribution in [-0.2, 0) is 4.74 Å². The predicted octanol–water partition coefficient (Wildman–Crippen LogP) is 3.33. The molecule has 1 aromatic heterocycles. The quantitative estimate of drug-likeness (QED) is 0.851. The van der Waals surface area contributed by atoms with Gasteiger partial charge in [0.25, 0.3) is 0 Å². The molecule has 2 aliphatic heterocycles. The summed E-state index contributed by atoms with van der Waals surface area (Å²) in [6.45, 7) is 2.99. The molecule has 3 fully saturated rings. The van der Waals surface area contributed by atoms with Gasteiger partial charge in [-0.2, -0.15) is 0 Å². The molecule has 0 bridgehead atoms. The first kappa shape index (κ1) is 13.9. The van der Waals surface area contributed by atoms with E-state index < -0.39 is 0 Å². The van der Waals surface area contributed by atoms with Gasteiger partial charge in [-0.05, 0) is 44.2 Å². The van der Waals surface area contributed by atoms with Crippen molar-refractivity contribution >= 4 is 12.2 Å². The number of ether oxygens (including phenoxy) is 1. The summed E-state index contributed by atoms with van der Waals surface area (Å²) in [5.41, 5.74) is 1.27. The van der Waals surface area contributed by atoms with Gasteiger partial charge in [0.05, 0.1) is 6.61 Å². The van der Waals surface area contributed by atoms with Crippen molar-refractivity contribution in [1.29, 1.82) is 0 Å². The zero-order valence-electron chi connectivity index (χ0n) is 12.4. The third-order valence-electron chi connectivity index (χ3n) is 5.27. The Bertz CT molecular complexity index is 567. The van der Waals surface area contributed by atoms with Crippen LogP contribution in [0.3, 0.4) is 0 Å². The molecular formula is C16H23N3OS. The molecule has 1 aromatic rings. The van der Waals surface area contributed by atoms with Gasteiger partial charge in [-0.1, -0.05) is 25.1 Å². The van der Waals surface area contributed by atoms with Crippen LogP contribution in [0, 0.1) is 4.64 Å². The molecule has 0 radical (unpaired) electrons. The molecule has 0 aromatic carbocycles. The molecule has 1 N–H and O–H groups in total. The number of hydrogen-bond acceptors (Lipinski definition) is 4. The van der Waals surface area contributed by atoms with E-state index in [4.69, 9.17) is 17.0 Å². The normalized spacial score (nSPS) is 30.7. The van der Waals surface area contributed by atoms with Crippen molar-refractivity contribution in [2.24, 2.45) is 0 Å². The van der Waals surface area contributed by atoms with E-state index >= 15 is 0 Å². The Balaban J connectivity index is 1.58. The lowest BCUT2D eigenvalue weighted by Gasteiger charge is -2.34. The van der Waals surface area contributed by atoms with Crippen LogP contribution in [0.1, 0.15) is 62.1 Å². The number of hydrogen-bond donors (Lipinski definition) is 1. The molecule has 5 heteroatoms. The fourth-order valence-corrected chi connectivity index (χ4v) is 4.31. The smallest absolute Gasteiger partial charge is 0.138 e. The summed E-state index contributed by atoms with van der Waals surface area (Å²) in [4.78, 5) is 10.6. The number of nitrogens with zero attached hydrogens (tertiary/aromatic N) is 2. The summed E-state index contributed by atoms with van der Waals surface area (Å²) < 4.78 is 6.78. The Morgan fingerprint density at radius 3 is 2.95 bits per heavy atom. The second-order valence-electron chi connectivity index (χ2n) is 6.65. The van der Waals surface area contributed by atoms with Crippen LogP contribution < -0.4 is 0 Å². The third-order valence-corrected chi connectivity index (χ3v) is 5.48. The highest BCUT2D eigenvalue weighted by molar-refractivity contribution is 7.71. The number of morpholine rings is 1. The van der Waals surface area contributed by atoms with Crippen LogP contribution in [0.15, 0.2) is 6.07 Å². The first-order valence-electron chi connectivity index (χ1n) is 8.26. The largest absolute Gasteiger partial charge is 0.367 e. The van der Waals surface area contributed by atoms with Crippen molar-refractivity contribution in [3.8, 4) is 0 Å². The summed E-state index contributed by atoms with van der Waals surface area (Å²) >= 11 is 5.38. The van der Waals surface area contributed by atoms with Crippen LogP contribution in [-0.4, -0.2) is 40.6 Å². The van der Waals surface area contributed by atoms with Gasteiger partial charge in [0.1, 0.15) is 16.6 Å². The SMILES string of the molecule is S=c1cc(C2CCCC2)[nH]c(C2CN3CCCC3CO2)n1. The summed E-state index contributed by atoms with van der Waals surface area (Å²) in [7, 11) is 0. The second kappa shape index (κ2) is 5.78. The molecule has 3 aliphatic rings. The van der Waals surface area contributed by atoms with Crippen molar-refractivity contribution in [3.05, 3.63) is 22.2 Å². The van der Waals surface area contributed by atoms with Crippen LogP contribution in [0.25, 0.3) is 0 Å². The molecule has 2 saturated heterocycles. The zero-order chi connectivity index (χ0) is 14.2. The van der Waals surface area contributed by atoms with Gasteiger partial charge in [0.15, 0.2) is 0 Å². The summed E-state index contributed by atoms with van der Waals surface area (Å²) in [6.07, 6.45) is 7.84. The molecule has 114 valence electrons. The van der Waals surface area contributed by atoms with Gasteiger partial charge in [-0.3, -0.25) is 4.90 Å². The summed E-state index contributed by atoms with van der Waals surface area (Å²) in [6, 6.07) is 2.68. The number of H-pyrrole nitrogens is 1. The highest BCUT2D eigenvalue weighted by Crippen LogP contribution is 2.34. The zero-order valence-corrected chi connectivity index (χ0v) is 13.2. The van der Waals surface area contributed by atoms with Crippen LogP contribution in [0.2, 0.25) is 0 Å². The number of fused-ring (bicyclic) bond motifs is 1. The van der Waals surface area contributed by atoms with Crippen molar-refractivity contribution in [1.82, 2.24) is 14.9 Å². The third kappa shape index (κ3) is 2.79. The van der Waals surface area contributed by atoms with Gasteiger partial charge >= 0.3 is 0 Å². The summed E-state index contributed by atoms with van der Waals surface area (Å²) in [5, 5.41) is 0. The molecule has 2 unspecified atom stereocenters. The average Bonchev–Trinajstić information content (AvgIpc) is 3.17. The molecule has 1 aliphatic carbocycles.